The molecule has 2 rings (SSSR count). The van der Waals surface area contributed by atoms with Gasteiger partial charge in [-0.3, -0.25) is 20.4 Å². The third kappa shape index (κ3) is 5.28. The van der Waals surface area contributed by atoms with Gasteiger partial charge in [0, 0.05) is 16.1 Å². The Labute approximate surface area is 145 Å². The average molecular weight is 347 g/mol. The maximum atomic E-state index is 12.0. The molecule has 0 aliphatic rings. The summed E-state index contributed by atoms with van der Waals surface area (Å²) in [7, 11) is 0. The van der Waals surface area contributed by atoms with Crippen LogP contribution in [0.4, 0.5) is 0 Å². The first-order chi connectivity index (χ1) is 11.5. The molecule has 0 fully saturated rings. The van der Waals surface area contributed by atoms with Crippen LogP contribution in [0.3, 0.4) is 0 Å². The highest BCUT2D eigenvalue weighted by atomic mass is 35.5. The molecule has 0 spiro atoms. The van der Waals surface area contributed by atoms with E-state index in [0.29, 0.717) is 34.4 Å². The van der Waals surface area contributed by atoms with Crippen molar-refractivity contribution in [1.29, 1.82) is 0 Å². The predicted molar refractivity (Wildman–Crippen MR) is 93.2 cm³/mol. The Bertz CT molecular complexity index is 714. The zero-order valence-electron chi connectivity index (χ0n) is 13.5. The molecule has 0 saturated carbocycles. The number of hydrazine groups is 1. The summed E-state index contributed by atoms with van der Waals surface area (Å²) < 4.78 is 5.56. The second kappa shape index (κ2) is 8.36. The molecule has 0 aliphatic carbocycles. The summed E-state index contributed by atoms with van der Waals surface area (Å²) in [6.45, 7) is 4.73. The molecule has 126 valence electrons. The van der Waals surface area contributed by atoms with Crippen LogP contribution in [0.5, 0.6) is 5.75 Å². The van der Waals surface area contributed by atoms with E-state index in [1.807, 2.05) is 0 Å². The third-order valence-corrected chi connectivity index (χ3v) is 3.31. The maximum absolute atomic E-state index is 12.0. The molecule has 2 amide bonds. The zero-order valence-corrected chi connectivity index (χ0v) is 14.3. The highest BCUT2D eigenvalue weighted by molar-refractivity contribution is 6.30. The average Bonchev–Trinajstić information content (AvgIpc) is 2.58. The summed E-state index contributed by atoms with van der Waals surface area (Å²) in [4.78, 5) is 24.0. The van der Waals surface area contributed by atoms with Crippen LogP contribution in [-0.2, 0) is 0 Å². The quantitative estimate of drug-likeness (QED) is 0.815. The summed E-state index contributed by atoms with van der Waals surface area (Å²) in [5.74, 6) is 0.265. The number of carbonyl (C=O) groups is 2. The van der Waals surface area contributed by atoms with E-state index in [-0.39, 0.29) is 0 Å². The normalized spacial score (nSPS) is 10.3. The molecule has 2 aromatic rings. The summed E-state index contributed by atoms with van der Waals surface area (Å²) >= 11 is 5.83. The van der Waals surface area contributed by atoms with Gasteiger partial charge in [-0.2, -0.15) is 0 Å². The Hall–Kier alpha value is -2.53. The molecule has 6 heteroatoms. The number of hydrogen-bond donors (Lipinski definition) is 2. The highest BCUT2D eigenvalue weighted by Gasteiger charge is 2.09. The minimum absolute atomic E-state index is 0.361. The number of benzene rings is 2. The van der Waals surface area contributed by atoms with E-state index in [1.54, 1.807) is 42.5 Å². The van der Waals surface area contributed by atoms with Gasteiger partial charge in [-0.25, -0.2) is 0 Å². The molecule has 0 radical (unpaired) electrons. The lowest BCUT2D eigenvalue weighted by atomic mass is 10.2. The Morgan fingerprint density at radius 1 is 1.00 bits per heavy atom. The molecule has 5 nitrogen and oxygen atoms in total. The van der Waals surface area contributed by atoms with Gasteiger partial charge in [0.1, 0.15) is 5.75 Å². The van der Waals surface area contributed by atoms with Gasteiger partial charge in [-0.15, -0.1) is 0 Å². The van der Waals surface area contributed by atoms with E-state index < -0.39 is 11.8 Å². The van der Waals surface area contributed by atoms with Crippen molar-refractivity contribution >= 4 is 23.4 Å². The number of rotatable bonds is 5. The first-order valence-electron chi connectivity index (χ1n) is 7.55. The van der Waals surface area contributed by atoms with Crippen LogP contribution in [-0.4, -0.2) is 18.4 Å². The van der Waals surface area contributed by atoms with E-state index in [9.17, 15) is 9.59 Å². The van der Waals surface area contributed by atoms with Crippen molar-refractivity contribution in [2.45, 2.75) is 13.8 Å². The lowest BCUT2D eigenvalue weighted by Crippen LogP contribution is -2.41. The largest absolute Gasteiger partial charge is 0.493 e. The molecular weight excluding hydrogens is 328 g/mol. The lowest BCUT2D eigenvalue weighted by Gasteiger charge is -2.10. The number of amides is 2. The monoisotopic (exact) mass is 346 g/mol. The van der Waals surface area contributed by atoms with Gasteiger partial charge in [0.25, 0.3) is 11.8 Å². The number of carbonyl (C=O) groups excluding carboxylic acids is 2. The molecule has 0 aliphatic heterocycles. The lowest BCUT2D eigenvalue weighted by molar-refractivity contribution is 0.0846. The number of ether oxygens (including phenoxy) is 1. The first-order valence-corrected chi connectivity index (χ1v) is 7.92. The van der Waals surface area contributed by atoms with E-state index in [1.165, 1.54) is 6.07 Å². The summed E-state index contributed by atoms with van der Waals surface area (Å²) in [6, 6.07) is 13.2. The standard InChI is InChI=1S/C18H19ClN2O3/c1-12(2)11-24-16-8-6-13(7-9-16)17(22)20-21-18(23)14-4-3-5-15(19)10-14/h3-10,12H,11H2,1-2H3,(H,20,22)(H,21,23). The van der Waals surface area contributed by atoms with Crippen molar-refractivity contribution in [3.8, 4) is 5.75 Å². The van der Waals surface area contributed by atoms with Crippen LogP contribution < -0.4 is 15.6 Å². The van der Waals surface area contributed by atoms with E-state index in [0.717, 1.165) is 0 Å². The summed E-state index contributed by atoms with van der Waals surface area (Å²) in [5, 5.41) is 0.450. The third-order valence-electron chi connectivity index (χ3n) is 3.08. The van der Waals surface area contributed by atoms with Crippen molar-refractivity contribution in [3.05, 3.63) is 64.7 Å². The topological polar surface area (TPSA) is 67.4 Å². The van der Waals surface area contributed by atoms with Crippen LogP contribution in [0.25, 0.3) is 0 Å². The van der Waals surface area contributed by atoms with Gasteiger partial charge >= 0.3 is 0 Å². The Morgan fingerprint density at radius 3 is 2.21 bits per heavy atom. The fraction of sp³-hybridized carbons (Fsp3) is 0.222. The summed E-state index contributed by atoms with van der Waals surface area (Å²) in [5.41, 5.74) is 5.49. The van der Waals surface area contributed by atoms with Gasteiger partial charge in [0.05, 0.1) is 6.61 Å². The molecule has 0 unspecified atom stereocenters. The van der Waals surface area contributed by atoms with Gasteiger partial charge < -0.3 is 4.74 Å². The van der Waals surface area contributed by atoms with E-state index >= 15 is 0 Å². The second-order valence-corrected chi connectivity index (χ2v) is 6.08. The Balaban J connectivity index is 1.89. The molecule has 0 atom stereocenters. The summed E-state index contributed by atoms with van der Waals surface area (Å²) in [6.07, 6.45) is 0. The van der Waals surface area contributed by atoms with Crippen LogP contribution in [0.15, 0.2) is 48.5 Å². The van der Waals surface area contributed by atoms with Gasteiger partial charge in [-0.05, 0) is 48.4 Å². The molecule has 0 aromatic heterocycles. The minimum Gasteiger partial charge on any atom is -0.493 e. The zero-order chi connectivity index (χ0) is 17.5. The van der Waals surface area contributed by atoms with E-state index in [2.05, 4.69) is 24.7 Å². The SMILES string of the molecule is CC(C)COc1ccc(C(=O)NNC(=O)c2cccc(Cl)c2)cc1. The Morgan fingerprint density at radius 2 is 1.62 bits per heavy atom. The minimum atomic E-state index is -0.442. The van der Waals surface area contributed by atoms with Crippen LogP contribution >= 0.6 is 11.6 Å². The smallest absolute Gasteiger partial charge is 0.269 e. The predicted octanol–water partition coefficient (Wildman–Crippen LogP) is 3.45. The molecule has 24 heavy (non-hydrogen) atoms. The fourth-order valence-corrected chi connectivity index (χ4v) is 2.04. The van der Waals surface area contributed by atoms with Gasteiger partial charge in [0.15, 0.2) is 0 Å². The van der Waals surface area contributed by atoms with Crippen molar-refractivity contribution in [2.24, 2.45) is 5.92 Å². The fourth-order valence-electron chi connectivity index (χ4n) is 1.85. The van der Waals surface area contributed by atoms with Crippen molar-refractivity contribution in [3.63, 3.8) is 0 Å². The number of halogens is 1. The molecule has 2 N–H and O–H groups in total. The van der Waals surface area contributed by atoms with Crippen molar-refractivity contribution < 1.29 is 14.3 Å². The molecule has 0 heterocycles. The van der Waals surface area contributed by atoms with Crippen LogP contribution in [0.2, 0.25) is 5.02 Å². The molecule has 0 bridgehead atoms. The number of nitrogens with one attached hydrogen (secondary N) is 2. The van der Waals surface area contributed by atoms with Crippen LogP contribution in [0.1, 0.15) is 34.6 Å². The molecule has 0 saturated heterocycles. The van der Waals surface area contributed by atoms with Crippen LogP contribution in [0, 0.1) is 5.92 Å². The second-order valence-electron chi connectivity index (χ2n) is 5.65. The van der Waals surface area contributed by atoms with Crippen molar-refractivity contribution in [2.75, 3.05) is 6.61 Å². The maximum Gasteiger partial charge on any atom is 0.269 e. The van der Waals surface area contributed by atoms with E-state index in [4.69, 9.17) is 16.3 Å². The molecular formula is C18H19ClN2O3. The van der Waals surface area contributed by atoms with Crippen molar-refractivity contribution in [1.82, 2.24) is 10.9 Å². The highest BCUT2D eigenvalue weighted by Crippen LogP contribution is 2.13. The number of hydrogen-bond acceptors (Lipinski definition) is 3. The van der Waals surface area contributed by atoms with Gasteiger partial charge in [-0.1, -0.05) is 31.5 Å². The van der Waals surface area contributed by atoms with Gasteiger partial charge in [0.2, 0.25) is 0 Å². The first kappa shape index (κ1) is 17.8. The Kier molecular flexibility index (Phi) is 6.21. The molecule has 2 aromatic carbocycles.